The first kappa shape index (κ1) is 16.9. The SMILES string of the molecule is CC1CC(C(=O)O)CN(C(=O)CNC(=O)NCc2ccco2)C1. The number of hydrogen-bond acceptors (Lipinski definition) is 4. The molecule has 0 aliphatic carbocycles. The molecule has 0 aromatic carbocycles. The number of furan rings is 1. The number of nitrogens with zero attached hydrogens (tertiary/aromatic N) is 1. The second-order valence-electron chi connectivity index (χ2n) is 5.79. The van der Waals surface area contributed by atoms with Crippen LogP contribution in [0.4, 0.5) is 4.79 Å². The zero-order valence-corrected chi connectivity index (χ0v) is 12.9. The molecule has 0 radical (unpaired) electrons. The average molecular weight is 323 g/mol. The summed E-state index contributed by atoms with van der Waals surface area (Å²) in [5, 5.41) is 14.1. The lowest BCUT2D eigenvalue weighted by molar-refractivity contribution is -0.146. The van der Waals surface area contributed by atoms with Gasteiger partial charge in [0, 0.05) is 13.1 Å². The van der Waals surface area contributed by atoms with Crippen molar-refractivity contribution in [2.45, 2.75) is 19.9 Å². The van der Waals surface area contributed by atoms with Crippen LogP contribution in [0.25, 0.3) is 0 Å². The standard InChI is InChI=1S/C15H21N3O5/c1-10-5-11(14(20)21)9-18(8-10)13(19)7-17-15(22)16-6-12-3-2-4-23-12/h2-4,10-11H,5-9H2,1H3,(H,20,21)(H2,16,17,22). The summed E-state index contributed by atoms with van der Waals surface area (Å²) in [6, 6.07) is 2.97. The second-order valence-corrected chi connectivity index (χ2v) is 5.79. The number of carbonyl (C=O) groups is 3. The van der Waals surface area contributed by atoms with E-state index < -0.39 is 17.9 Å². The Balaban J connectivity index is 1.75. The molecule has 0 saturated carbocycles. The summed E-state index contributed by atoms with van der Waals surface area (Å²) in [6.07, 6.45) is 2.07. The normalized spacial score (nSPS) is 20.8. The summed E-state index contributed by atoms with van der Waals surface area (Å²) in [5.41, 5.74) is 0. The van der Waals surface area contributed by atoms with E-state index in [4.69, 9.17) is 9.52 Å². The summed E-state index contributed by atoms with van der Waals surface area (Å²) in [5.74, 6) is -0.980. The number of likely N-dealkylation sites (tertiary alicyclic amines) is 1. The fourth-order valence-electron chi connectivity index (χ4n) is 2.64. The Kier molecular flexibility index (Phi) is 5.61. The van der Waals surface area contributed by atoms with Crippen LogP contribution in [0.3, 0.4) is 0 Å². The second kappa shape index (κ2) is 7.66. The zero-order valence-electron chi connectivity index (χ0n) is 12.9. The maximum absolute atomic E-state index is 12.1. The van der Waals surface area contributed by atoms with Crippen molar-refractivity contribution in [3.63, 3.8) is 0 Å². The molecule has 0 bridgehead atoms. The zero-order chi connectivity index (χ0) is 16.8. The van der Waals surface area contributed by atoms with Gasteiger partial charge in [0.05, 0.1) is 25.3 Å². The molecular weight excluding hydrogens is 302 g/mol. The average Bonchev–Trinajstić information content (AvgIpc) is 3.03. The highest BCUT2D eigenvalue weighted by molar-refractivity contribution is 5.84. The Bertz CT molecular complexity index is 557. The number of aliphatic carboxylic acids is 1. The van der Waals surface area contributed by atoms with Crippen molar-refractivity contribution in [1.29, 1.82) is 0 Å². The molecule has 2 rings (SSSR count). The third-order valence-corrected chi connectivity index (χ3v) is 3.77. The quantitative estimate of drug-likeness (QED) is 0.736. The molecule has 2 heterocycles. The molecule has 1 aromatic heterocycles. The van der Waals surface area contributed by atoms with Gasteiger partial charge in [0.1, 0.15) is 5.76 Å². The number of amides is 3. The van der Waals surface area contributed by atoms with E-state index in [2.05, 4.69) is 10.6 Å². The van der Waals surface area contributed by atoms with Crippen LogP contribution in [-0.4, -0.2) is 47.5 Å². The summed E-state index contributed by atoms with van der Waals surface area (Å²) < 4.78 is 5.08. The largest absolute Gasteiger partial charge is 0.481 e. The monoisotopic (exact) mass is 323 g/mol. The minimum absolute atomic E-state index is 0.126. The third kappa shape index (κ3) is 5.01. The van der Waals surface area contributed by atoms with Crippen LogP contribution < -0.4 is 10.6 Å². The highest BCUT2D eigenvalue weighted by Crippen LogP contribution is 2.21. The Hall–Kier alpha value is -2.51. The topological polar surface area (TPSA) is 112 Å². The number of hydrogen-bond donors (Lipinski definition) is 3. The van der Waals surface area contributed by atoms with Crippen molar-refractivity contribution in [3.8, 4) is 0 Å². The lowest BCUT2D eigenvalue weighted by Gasteiger charge is -2.34. The van der Waals surface area contributed by atoms with E-state index in [1.807, 2.05) is 6.92 Å². The summed E-state index contributed by atoms with van der Waals surface area (Å²) in [6.45, 7) is 2.68. The van der Waals surface area contributed by atoms with Gasteiger partial charge in [0.25, 0.3) is 0 Å². The predicted molar refractivity (Wildman–Crippen MR) is 80.4 cm³/mol. The summed E-state index contributed by atoms with van der Waals surface area (Å²) in [4.78, 5) is 36.4. The van der Waals surface area contributed by atoms with Gasteiger partial charge >= 0.3 is 12.0 Å². The Morgan fingerprint density at radius 1 is 1.35 bits per heavy atom. The molecule has 1 aromatic rings. The van der Waals surface area contributed by atoms with Crippen LogP contribution in [0.2, 0.25) is 0 Å². The van der Waals surface area contributed by atoms with Crippen LogP contribution in [0.1, 0.15) is 19.1 Å². The summed E-state index contributed by atoms with van der Waals surface area (Å²) >= 11 is 0. The lowest BCUT2D eigenvalue weighted by Crippen LogP contribution is -2.49. The van der Waals surface area contributed by atoms with Crippen molar-refractivity contribution < 1.29 is 23.9 Å². The number of carbonyl (C=O) groups excluding carboxylic acids is 2. The molecule has 1 saturated heterocycles. The molecule has 8 heteroatoms. The maximum atomic E-state index is 12.1. The van der Waals surface area contributed by atoms with E-state index in [1.54, 1.807) is 12.1 Å². The predicted octanol–water partition coefficient (Wildman–Crippen LogP) is 0.648. The molecule has 2 atom stereocenters. The first-order valence-corrected chi connectivity index (χ1v) is 7.50. The number of urea groups is 1. The molecule has 1 aliphatic heterocycles. The van der Waals surface area contributed by atoms with Crippen molar-refractivity contribution in [1.82, 2.24) is 15.5 Å². The van der Waals surface area contributed by atoms with Gasteiger partial charge in [0.2, 0.25) is 5.91 Å². The maximum Gasteiger partial charge on any atom is 0.315 e. The highest BCUT2D eigenvalue weighted by Gasteiger charge is 2.31. The fraction of sp³-hybridized carbons (Fsp3) is 0.533. The number of nitrogens with one attached hydrogen (secondary N) is 2. The van der Waals surface area contributed by atoms with Gasteiger partial charge in [-0.25, -0.2) is 4.79 Å². The van der Waals surface area contributed by atoms with Gasteiger partial charge in [-0.1, -0.05) is 6.92 Å². The van der Waals surface area contributed by atoms with Crippen molar-refractivity contribution in [2.75, 3.05) is 19.6 Å². The smallest absolute Gasteiger partial charge is 0.315 e. The number of piperidine rings is 1. The molecule has 3 amide bonds. The molecule has 3 N–H and O–H groups in total. The van der Waals surface area contributed by atoms with Gasteiger partial charge in [-0.3, -0.25) is 9.59 Å². The van der Waals surface area contributed by atoms with E-state index in [0.29, 0.717) is 18.7 Å². The molecule has 0 spiro atoms. The van der Waals surface area contributed by atoms with Gasteiger partial charge in [-0.05, 0) is 24.5 Å². The Morgan fingerprint density at radius 3 is 2.78 bits per heavy atom. The molecule has 126 valence electrons. The van der Waals surface area contributed by atoms with Crippen molar-refractivity contribution in [3.05, 3.63) is 24.2 Å². The first-order valence-electron chi connectivity index (χ1n) is 7.50. The summed E-state index contributed by atoms with van der Waals surface area (Å²) in [7, 11) is 0. The van der Waals surface area contributed by atoms with E-state index >= 15 is 0 Å². The molecule has 1 aliphatic rings. The molecule has 23 heavy (non-hydrogen) atoms. The van der Waals surface area contributed by atoms with Crippen LogP contribution >= 0.6 is 0 Å². The molecule has 2 unspecified atom stereocenters. The van der Waals surface area contributed by atoms with E-state index in [-0.39, 0.29) is 31.5 Å². The van der Waals surface area contributed by atoms with Gasteiger partial charge in [-0.2, -0.15) is 0 Å². The van der Waals surface area contributed by atoms with E-state index in [1.165, 1.54) is 11.2 Å². The highest BCUT2D eigenvalue weighted by atomic mass is 16.4. The van der Waals surface area contributed by atoms with Gasteiger partial charge < -0.3 is 25.1 Å². The Morgan fingerprint density at radius 2 is 2.13 bits per heavy atom. The third-order valence-electron chi connectivity index (χ3n) is 3.77. The van der Waals surface area contributed by atoms with Crippen LogP contribution in [0.15, 0.2) is 22.8 Å². The number of carboxylic acid groups (broad SMARTS) is 1. The van der Waals surface area contributed by atoms with Crippen LogP contribution in [0.5, 0.6) is 0 Å². The minimum Gasteiger partial charge on any atom is -0.481 e. The van der Waals surface area contributed by atoms with Crippen LogP contribution in [0, 0.1) is 11.8 Å². The van der Waals surface area contributed by atoms with Crippen LogP contribution in [-0.2, 0) is 16.1 Å². The van der Waals surface area contributed by atoms with E-state index in [9.17, 15) is 14.4 Å². The lowest BCUT2D eigenvalue weighted by atomic mass is 9.90. The van der Waals surface area contributed by atoms with Gasteiger partial charge in [-0.15, -0.1) is 0 Å². The Labute approximate surface area is 133 Å². The molecule has 1 fully saturated rings. The fourth-order valence-corrected chi connectivity index (χ4v) is 2.64. The van der Waals surface area contributed by atoms with Gasteiger partial charge in [0.15, 0.2) is 0 Å². The molecular formula is C15H21N3O5. The first-order chi connectivity index (χ1) is 11.0. The number of rotatable bonds is 5. The molecule has 8 nitrogen and oxygen atoms in total. The van der Waals surface area contributed by atoms with E-state index in [0.717, 1.165) is 0 Å². The van der Waals surface area contributed by atoms with Crippen molar-refractivity contribution >= 4 is 17.9 Å². The number of carboxylic acids is 1. The minimum atomic E-state index is -0.890. The van der Waals surface area contributed by atoms with Crippen molar-refractivity contribution in [2.24, 2.45) is 11.8 Å².